The lowest BCUT2D eigenvalue weighted by molar-refractivity contribution is -0.123. The van der Waals surface area contributed by atoms with Crippen LogP contribution in [0.4, 0.5) is 8.78 Å². The molecule has 0 aliphatic rings. The molecule has 4 nitrogen and oxygen atoms in total. The third-order valence-electron chi connectivity index (χ3n) is 1.47. The fourth-order valence-electron chi connectivity index (χ4n) is 0.846. The first-order chi connectivity index (χ1) is 7.04. The van der Waals surface area contributed by atoms with Crippen LogP contribution in [0.1, 0.15) is 0 Å². The van der Waals surface area contributed by atoms with Crippen molar-refractivity contribution in [2.75, 3.05) is 6.61 Å². The molecule has 1 aromatic rings. The van der Waals surface area contributed by atoms with Crippen molar-refractivity contribution in [3.8, 4) is 5.75 Å². The zero-order chi connectivity index (χ0) is 11.4. The van der Waals surface area contributed by atoms with Gasteiger partial charge in [-0.1, -0.05) is 0 Å². The van der Waals surface area contributed by atoms with Crippen LogP contribution in [0.3, 0.4) is 0 Å². The van der Waals surface area contributed by atoms with Gasteiger partial charge in [0.05, 0.1) is 4.47 Å². The topological polar surface area (TPSA) is 64.3 Å². The second-order valence-electron chi connectivity index (χ2n) is 2.55. The molecule has 0 aromatic heterocycles. The molecule has 0 atom stereocenters. The van der Waals surface area contributed by atoms with Crippen molar-refractivity contribution in [3.05, 3.63) is 28.2 Å². The van der Waals surface area contributed by atoms with Crippen molar-refractivity contribution in [1.29, 1.82) is 0 Å². The first-order valence-corrected chi connectivity index (χ1v) is 4.60. The number of hydrazine groups is 1. The van der Waals surface area contributed by atoms with Gasteiger partial charge in [0.15, 0.2) is 18.2 Å². The maximum atomic E-state index is 13.1. The van der Waals surface area contributed by atoms with Crippen LogP contribution in [0.5, 0.6) is 5.75 Å². The minimum absolute atomic E-state index is 0.0878. The first-order valence-electron chi connectivity index (χ1n) is 3.81. The highest BCUT2D eigenvalue weighted by Gasteiger charge is 2.12. The van der Waals surface area contributed by atoms with E-state index >= 15 is 0 Å². The van der Waals surface area contributed by atoms with Gasteiger partial charge in [0.1, 0.15) is 5.82 Å². The summed E-state index contributed by atoms with van der Waals surface area (Å²) < 4.78 is 30.6. The summed E-state index contributed by atoms with van der Waals surface area (Å²) in [5.74, 6) is 2.30. The van der Waals surface area contributed by atoms with Gasteiger partial charge in [-0.2, -0.15) is 0 Å². The van der Waals surface area contributed by atoms with Crippen molar-refractivity contribution < 1.29 is 18.3 Å². The number of halogens is 3. The minimum atomic E-state index is -0.897. The van der Waals surface area contributed by atoms with E-state index in [1.807, 2.05) is 5.43 Å². The molecular weight excluding hydrogens is 274 g/mol. The number of amides is 1. The Morgan fingerprint density at radius 2 is 2.20 bits per heavy atom. The number of hydrogen-bond acceptors (Lipinski definition) is 3. The highest BCUT2D eigenvalue weighted by Crippen LogP contribution is 2.28. The summed E-state index contributed by atoms with van der Waals surface area (Å²) >= 11 is 2.90. The normalized spacial score (nSPS) is 9.87. The molecule has 0 saturated heterocycles. The molecule has 0 radical (unpaired) electrons. The van der Waals surface area contributed by atoms with Crippen LogP contribution in [-0.2, 0) is 4.79 Å². The second-order valence-corrected chi connectivity index (χ2v) is 3.41. The van der Waals surface area contributed by atoms with E-state index in [4.69, 9.17) is 10.6 Å². The van der Waals surface area contributed by atoms with E-state index < -0.39 is 24.1 Å². The molecule has 0 aliphatic carbocycles. The molecule has 3 N–H and O–H groups in total. The summed E-state index contributed by atoms with van der Waals surface area (Å²) in [7, 11) is 0. The molecule has 1 amide bonds. The summed E-state index contributed by atoms with van der Waals surface area (Å²) in [6, 6.07) is 1.68. The third-order valence-corrected chi connectivity index (χ3v) is 2.06. The summed E-state index contributed by atoms with van der Waals surface area (Å²) in [5, 5.41) is 0. The Bertz CT molecular complexity index is 364. The van der Waals surface area contributed by atoms with Crippen LogP contribution >= 0.6 is 15.9 Å². The number of rotatable bonds is 3. The molecule has 0 unspecified atom stereocenters. The average Bonchev–Trinajstić information content (AvgIpc) is 2.15. The lowest BCUT2D eigenvalue weighted by Gasteiger charge is -2.08. The van der Waals surface area contributed by atoms with E-state index in [2.05, 4.69) is 15.9 Å². The van der Waals surface area contributed by atoms with E-state index in [1.165, 1.54) is 0 Å². The number of nitrogens with two attached hydrogens (primary N) is 1. The Kier molecular flexibility index (Phi) is 3.98. The van der Waals surface area contributed by atoms with Crippen LogP contribution in [-0.4, -0.2) is 12.5 Å². The van der Waals surface area contributed by atoms with Gasteiger partial charge in [-0.3, -0.25) is 10.2 Å². The molecule has 0 spiro atoms. The number of carbonyl (C=O) groups is 1. The molecule has 15 heavy (non-hydrogen) atoms. The standard InChI is InChI=1S/C8H7BrF2N2O2/c9-5-1-4(10)2-6(11)8(5)15-3-7(14)13-12/h1-2H,3,12H2,(H,13,14). The highest BCUT2D eigenvalue weighted by molar-refractivity contribution is 9.10. The van der Waals surface area contributed by atoms with Crippen molar-refractivity contribution in [2.45, 2.75) is 0 Å². The lowest BCUT2D eigenvalue weighted by atomic mass is 10.3. The number of hydrogen-bond donors (Lipinski definition) is 2. The number of benzene rings is 1. The second kappa shape index (κ2) is 5.04. The van der Waals surface area contributed by atoms with Crippen LogP contribution in [0.25, 0.3) is 0 Å². The Balaban J connectivity index is 2.81. The van der Waals surface area contributed by atoms with Crippen LogP contribution in [0, 0.1) is 11.6 Å². The molecule has 1 aromatic carbocycles. The molecule has 0 bridgehead atoms. The van der Waals surface area contributed by atoms with Crippen LogP contribution in [0.2, 0.25) is 0 Å². The molecule has 82 valence electrons. The summed E-state index contributed by atoms with van der Waals surface area (Å²) in [5.41, 5.74) is 1.81. The monoisotopic (exact) mass is 280 g/mol. The largest absolute Gasteiger partial charge is 0.479 e. The summed E-state index contributed by atoms with van der Waals surface area (Å²) in [6.07, 6.45) is 0. The predicted octanol–water partition coefficient (Wildman–Crippen LogP) is 1.10. The predicted molar refractivity (Wildman–Crippen MR) is 51.9 cm³/mol. The zero-order valence-corrected chi connectivity index (χ0v) is 8.98. The smallest absolute Gasteiger partial charge is 0.271 e. The van der Waals surface area contributed by atoms with E-state index in [0.29, 0.717) is 6.07 Å². The minimum Gasteiger partial charge on any atom is -0.479 e. The number of carbonyl (C=O) groups excluding carboxylic acids is 1. The van der Waals surface area contributed by atoms with Crippen molar-refractivity contribution >= 4 is 21.8 Å². The van der Waals surface area contributed by atoms with E-state index in [-0.39, 0.29) is 10.2 Å². The van der Waals surface area contributed by atoms with Crippen molar-refractivity contribution in [2.24, 2.45) is 5.84 Å². The van der Waals surface area contributed by atoms with Gasteiger partial charge in [0.25, 0.3) is 5.91 Å². The van der Waals surface area contributed by atoms with Gasteiger partial charge in [-0.15, -0.1) is 0 Å². The van der Waals surface area contributed by atoms with E-state index in [0.717, 1.165) is 6.07 Å². The maximum absolute atomic E-state index is 13.1. The number of ether oxygens (including phenoxy) is 1. The highest BCUT2D eigenvalue weighted by atomic mass is 79.9. The Morgan fingerprint density at radius 3 is 2.73 bits per heavy atom. The van der Waals surface area contributed by atoms with Crippen molar-refractivity contribution in [3.63, 3.8) is 0 Å². The van der Waals surface area contributed by atoms with Gasteiger partial charge < -0.3 is 4.74 Å². The maximum Gasteiger partial charge on any atom is 0.271 e. The van der Waals surface area contributed by atoms with Gasteiger partial charge >= 0.3 is 0 Å². The molecule has 0 heterocycles. The van der Waals surface area contributed by atoms with E-state index in [9.17, 15) is 13.6 Å². The fourth-order valence-corrected chi connectivity index (χ4v) is 1.37. The number of nitrogens with one attached hydrogen (secondary N) is 1. The Labute approximate surface area is 92.5 Å². The first kappa shape index (κ1) is 11.9. The van der Waals surface area contributed by atoms with Crippen LogP contribution < -0.4 is 16.0 Å². The van der Waals surface area contributed by atoms with Crippen molar-refractivity contribution in [1.82, 2.24) is 5.43 Å². The van der Waals surface area contributed by atoms with Gasteiger partial charge in [0, 0.05) is 6.07 Å². The molecule has 0 aliphatic heterocycles. The average molecular weight is 281 g/mol. The lowest BCUT2D eigenvalue weighted by Crippen LogP contribution is -2.34. The Morgan fingerprint density at radius 1 is 1.53 bits per heavy atom. The molecule has 7 heteroatoms. The van der Waals surface area contributed by atoms with Crippen LogP contribution in [0.15, 0.2) is 16.6 Å². The zero-order valence-electron chi connectivity index (χ0n) is 7.39. The Hall–Kier alpha value is -1.21. The molecule has 0 fully saturated rings. The van der Waals surface area contributed by atoms with Gasteiger partial charge in [-0.25, -0.2) is 14.6 Å². The molecule has 1 rings (SSSR count). The summed E-state index contributed by atoms with van der Waals surface area (Å²) in [6.45, 7) is -0.447. The van der Waals surface area contributed by atoms with E-state index in [1.54, 1.807) is 0 Å². The van der Waals surface area contributed by atoms with Gasteiger partial charge in [0.2, 0.25) is 0 Å². The third kappa shape index (κ3) is 3.14. The molecular formula is C8H7BrF2N2O2. The summed E-state index contributed by atoms with van der Waals surface area (Å²) in [4.78, 5) is 10.7. The SMILES string of the molecule is NNC(=O)COc1c(F)cc(F)cc1Br. The molecule has 0 saturated carbocycles. The van der Waals surface area contributed by atoms with Gasteiger partial charge in [-0.05, 0) is 22.0 Å². The fraction of sp³-hybridized carbons (Fsp3) is 0.125. The quantitative estimate of drug-likeness (QED) is 0.495.